The zero-order chi connectivity index (χ0) is 14.7. The number of aliphatic hydroxyl groups excluding tert-OH is 1. The fourth-order valence-electron chi connectivity index (χ4n) is 1.57. The summed E-state index contributed by atoms with van der Waals surface area (Å²) in [6.45, 7) is 3.42. The van der Waals surface area contributed by atoms with Crippen molar-refractivity contribution in [1.29, 1.82) is 0 Å². The molecule has 0 spiro atoms. The number of hydrogen-bond donors (Lipinski definition) is 2. The van der Waals surface area contributed by atoms with Crippen molar-refractivity contribution in [1.82, 2.24) is 9.97 Å². The van der Waals surface area contributed by atoms with Crippen LogP contribution in [-0.2, 0) is 6.18 Å². The van der Waals surface area contributed by atoms with Crippen molar-refractivity contribution < 1.29 is 18.3 Å². The summed E-state index contributed by atoms with van der Waals surface area (Å²) in [5, 5.41) is 11.9. The summed E-state index contributed by atoms with van der Waals surface area (Å²) < 4.78 is 37.7. The Balaban J connectivity index is 3.11. The van der Waals surface area contributed by atoms with E-state index < -0.39 is 17.5 Å². The summed E-state index contributed by atoms with van der Waals surface area (Å²) in [5.74, 6) is -1.35. The zero-order valence-corrected chi connectivity index (χ0v) is 11.3. The van der Waals surface area contributed by atoms with Gasteiger partial charge in [0, 0.05) is 6.07 Å². The van der Waals surface area contributed by atoms with Crippen LogP contribution in [-0.4, -0.2) is 27.2 Å². The summed E-state index contributed by atoms with van der Waals surface area (Å²) in [6, 6.07) is 1.20. The second kappa shape index (κ2) is 5.92. The van der Waals surface area contributed by atoms with Crippen LogP contribution in [0.2, 0.25) is 5.15 Å². The van der Waals surface area contributed by atoms with Crippen LogP contribution in [0.3, 0.4) is 0 Å². The number of hydrogen-bond acceptors (Lipinski definition) is 4. The van der Waals surface area contributed by atoms with Crippen LogP contribution in [0.1, 0.15) is 32.5 Å². The van der Waals surface area contributed by atoms with Crippen LogP contribution >= 0.6 is 11.6 Å². The van der Waals surface area contributed by atoms with Crippen molar-refractivity contribution >= 4 is 17.4 Å². The smallest absolute Gasteiger partial charge is 0.394 e. The van der Waals surface area contributed by atoms with Crippen LogP contribution in [0.4, 0.5) is 19.0 Å². The van der Waals surface area contributed by atoms with Crippen molar-refractivity contribution in [2.24, 2.45) is 0 Å². The maximum Gasteiger partial charge on any atom is 0.451 e. The standard InChI is InChI=1S/C11H15ClF3N3O/c1-3-10(4-2,6-19)18-8-5-7(12)16-9(17-8)11(13,14)15/h5,19H,3-4,6H2,1-2H3,(H,16,17,18). The van der Waals surface area contributed by atoms with Gasteiger partial charge in [-0.1, -0.05) is 25.4 Å². The highest BCUT2D eigenvalue weighted by Gasteiger charge is 2.36. The highest BCUT2D eigenvalue weighted by atomic mass is 35.5. The van der Waals surface area contributed by atoms with Gasteiger partial charge in [0.15, 0.2) is 0 Å². The Morgan fingerprint density at radius 1 is 1.26 bits per heavy atom. The topological polar surface area (TPSA) is 58.0 Å². The first-order valence-corrected chi connectivity index (χ1v) is 6.15. The van der Waals surface area contributed by atoms with E-state index in [2.05, 4.69) is 15.3 Å². The molecule has 8 heteroatoms. The highest BCUT2D eigenvalue weighted by Crippen LogP contribution is 2.29. The molecule has 19 heavy (non-hydrogen) atoms. The molecule has 0 aliphatic rings. The maximum absolute atomic E-state index is 12.6. The predicted molar refractivity (Wildman–Crippen MR) is 66.1 cm³/mol. The first-order valence-electron chi connectivity index (χ1n) is 5.77. The first-order chi connectivity index (χ1) is 8.76. The van der Waals surface area contributed by atoms with Crippen LogP contribution < -0.4 is 5.32 Å². The summed E-state index contributed by atoms with van der Waals surface area (Å²) in [5.41, 5.74) is -0.722. The molecule has 1 heterocycles. The van der Waals surface area contributed by atoms with Gasteiger partial charge in [-0.2, -0.15) is 13.2 Å². The lowest BCUT2D eigenvalue weighted by atomic mass is 9.94. The number of alkyl halides is 3. The number of aromatic nitrogens is 2. The van der Waals surface area contributed by atoms with Gasteiger partial charge in [0.1, 0.15) is 11.0 Å². The van der Waals surface area contributed by atoms with Gasteiger partial charge < -0.3 is 10.4 Å². The summed E-state index contributed by atoms with van der Waals surface area (Å²) in [7, 11) is 0. The molecule has 2 N–H and O–H groups in total. The fourth-order valence-corrected chi connectivity index (χ4v) is 1.75. The second-order valence-electron chi connectivity index (χ2n) is 4.17. The molecule has 0 unspecified atom stereocenters. The van der Waals surface area contributed by atoms with Gasteiger partial charge in [0.25, 0.3) is 0 Å². The number of nitrogens with one attached hydrogen (secondary N) is 1. The SMILES string of the molecule is CCC(CC)(CO)Nc1cc(Cl)nc(C(F)(F)F)n1. The number of rotatable bonds is 5. The van der Waals surface area contributed by atoms with Crippen LogP contribution in [0, 0.1) is 0 Å². The van der Waals surface area contributed by atoms with Gasteiger partial charge in [0.2, 0.25) is 5.82 Å². The molecule has 0 aromatic carbocycles. The molecule has 0 saturated carbocycles. The number of aliphatic hydroxyl groups is 1. The Kier molecular flexibility index (Phi) is 4.98. The van der Waals surface area contributed by atoms with E-state index in [1.54, 1.807) is 0 Å². The molecule has 4 nitrogen and oxygen atoms in total. The van der Waals surface area contributed by atoms with E-state index in [9.17, 15) is 18.3 Å². The quantitative estimate of drug-likeness (QED) is 0.820. The number of nitrogens with zero attached hydrogens (tertiary/aromatic N) is 2. The number of anilines is 1. The lowest BCUT2D eigenvalue weighted by Crippen LogP contribution is -2.41. The van der Waals surface area contributed by atoms with Crippen molar-refractivity contribution in [3.8, 4) is 0 Å². The molecule has 1 aromatic heterocycles. The van der Waals surface area contributed by atoms with Gasteiger partial charge in [-0.15, -0.1) is 0 Å². The van der Waals surface area contributed by atoms with E-state index in [0.717, 1.165) is 0 Å². The summed E-state index contributed by atoms with van der Waals surface area (Å²) in [6.07, 6.45) is -3.60. The molecule has 0 bridgehead atoms. The molecular weight excluding hydrogens is 283 g/mol. The van der Waals surface area contributed by atoms with Crippen LogP contribution in [0.15, 0.2) is 6.07 Å². The Bertz CT molecular complexity index is 427. The normalized spacial score (nSPS) is 12.6. The van der Waals surface area contributed by atoms with Gasteiger partial charge >= 0.3 is 6.18 Å². The average molecular weight is 298 g/mol. The van der Waals surface area contributed by atoms with Gasteiger partial charge in [-0.25, -0.2) is 9.97 Å². The molecule has 0 saturated heterocycles. The van der Waals surface area contributed by atoms with Crippen molar-refractivity contribution in [2.75, 3.05) is 11.9 Å². The maximum atomic E-state index is 12.6. The van der Waals surface area contributed by atoms with E-state index in [4.69, 9.17) is 11.6 Å². The van der Waals surface area contributed by atoms with Crippen LogP contribution in [0.25, 0.3) is 0 Å². The Hall–Kier alpha value is -1.08. The minimum absolute atomic E-state index is 0.0509. The van der Waals surface area contributed by atoms with Crippen LogP contribution in [0.5, 0.6) is 0 Å². The number of halogens is 4. The Morgan fingerprint density at radius 3 is 2.26 bits per heavy atom. The average Bonchev–Trinajstić information content (AvgIpc) is 2.34. The van der Waals surface area contributed by atoms with Gasteiger partial charge in [0.05, 0.1) is 12.1 Å². The zero-order valence-electron chi connectivity index (χ0n) is 10.6. The molecule has 0 amide bonds. The van der Waals surface area contributed by atoms with E-state index >= 15 is 0 Å². The van der Waals surface area contributed by atoms with E-state index in [-0.39, 0.29) is 17.6 Å². The predicted octanol–water partition coefficient (Wildman–Crippen LogP) is 3.11. The summed E-state index contributed by atoms with van der Waals surface area (Å²) in [4.78, 5) is 6.53. The fraction of sp³-hybridized carbons (Fsp3) is 0.636. The molecule has 1 rings (SSSR count). The lowest BCUT2D eigenvalue weighted by Gasteiger charge is -2.31. The monoisotopic (exact) mass is 297 g/mol. The first kappa shape index (κ1) is 16.0. The largest absolute Gasteiger partial charge is 0.451 e. The molecular formula is C11H15ClF3N3O. The van der Waals surface area contributed by atoms with E-state index in [1.807, 2.05) is 13.8 Å². The van der Waals surface area contributed by atoms with Crippen molar-refractivity contribution in [2.45, 2.75) is 38.4 Å². The molecule has 0 fully saturated rings. The van der Waals surface area contributed by atoms with E-state index in [0.29, 0.717) is 12.8 Å². The minimum Gasteiger partial charge on any atom is -0.394 e. The third-order valence-corrected chi connectivity index (χ3v) is 3.19. The molecule has 1 aromatic rings. The minimum atomic E-state index is -4.67. The molecule has 0 aliphatic carbocycles. The third-order valence-electron chi connectivity index (χ3n) is 3.00. The Labute approximate surface area is 114 Å². The second-order valence-corrected chi connectivity index (χ2v) is 4.56. The Morgan fingerprint density at radius 2 is 1.84 bits per heavy atom. The summed E-state index contributed by atoms with van der Waals surface area (Å²) >= 11 is 5.56. The molecule has 0 radical (unpaired) electrons. The molecule has 0 aliphatic heterocycles. The van der Waals surface area contributed by atoms with E-state index in [1.165, 1.54) is 6.07 Å². The third kappa shape index (κ3) is 3.94. The van der Waals surface area contributed by atoms with Crippen molar-refractivity contribution in [3.63, 3.8) is 0 Å². The molecule has 108 valence electrons. The van der Waals surface area contributed by atoms with Gasteiger partial charge in [-0.05, 0) is 12.8 Å². The van der Waals surface area contributed by atoms with Crippen molar-refractivity contribution in [3.05, 3.63) is 17.0 Å². The molecule has 0 atom stereocenters. The lowest BCUT2D eigenvalue weighted by molar-refractivity contribution is -0.144. The highest BCUT2D eigenvalue weighted by molar-refractivity contribution is 6.29. The van der Waals surface area contributed by atoms with Gasteiger partial charge in [-0.3, -0.25) is 0 Å².